The van der Waals surface area contributed by atoms with Crippen LogP contribution in [0, 0.1) is 11.8 Å². The van der Waals surface area contributed by atoms with E-state index in [2.05, 4.69) is 33.0 Å². The van der Waals surface area contributed by atoms with Crippen molar-refractivity contribution in [2.45, 2.75) is 45.9 Å². The molecule has 0 spiro atoms. The Balaban J connectivity index is 3.64. The molecule has 0 saturated heterocycles. The maximum Gasteiger partial charge on any atom is 0.220 e. The lowest BCUT2D eigenvalue weighted by atomic mass is 10.0. The molecule has 84 valence electrons. The van der Waals surface area contributed by atoms with Crippen molar-refractivity contribution in [1.29, 1.82) is 0 Å². The first kappa shape index (κ1) is 13.8. The monoisotopic (exact) mass is 219 g/mol. The summed E-state index contributed by atoms with van der Waals surface area (Å²) in [6.07, 6.45) is 1.65. The Morgan fingerprint density at radius 3 is 2.36 bits per heavy atom. The Hall–Kier alpha value is -0.240. The molecule has 0 bridgehead atoms. The summed E-state index contributed by atoms with van der Waals surface area (Å²) in [5, 5.41) is 2.90. The minimum atomic E-state index is 0.0379. The van der Waals surface area contributed by atoms with E-state index in [1.165, 1.54) is 0 Å². The standard InChI is InChI=1S/C11H22ClNO/c1-5-9(4)6-11(14)13-7-10(12)8(2)3/h8-10H,5-7H2,1-4H3,(H,13,14). The molecule has 0 saturated carbocycles. The van der Waals surface area contributed by atoms with Crippen LogP contribution in [0.15, 0.2) is 0 Å². The summed E-state index contributed by atoms with van der Waals surface area (Å²) in [6.45, 7) is 8.86. The molecule has 0 radical (unpaired) electrons. The zero-order chi connectivity index (χ0) is 11.1. The van der Waals surface area contributed by atoms with Crippen molar-refractivity contribution in [3.05, 3.63) is 0 Å². The van der Waals surface area contributed by atoms with Gasteiger partial charge in [0.2, 0.25) is 5.91 Å². The van der Waals surface area contributed by atoms with Crippen molar-refractivity contribution in [3.8, 4) is 0 Å². The first-order valence-corrected chi connectivity index (χ1v) is 5.81. The van der Waals surface area contributed by atoms with Crippen LogP contribution < -0.4 is 5.32 Å². The van der Waals surface area contributed by atoms with Crippen molar-refractivity contribution in [2.24, 2.45) is 11.8 Å². The SMILES string of the molecule is CCC(C)CC(=O)NCC(Cl)C(C)C. The largest absolute Gasteiger partial charge is 0.355 e. The second kappa shape index (κ2) is 7.10. The zero-order valence-electron chi connectivity index (χ0n) is 9.64. The highest BCUT2D eigenvalue weighted by Crippen LogP contribution is 2.09. The summed E-state index contributed by atoms with van der Waals surface area (Å²) >= 11 is 6.02. The average molecular weight is 220 g/mol. The third kappa shape index (κ3) is 6.25. The summed E-state index contributed by atoms with van der Waals surface area (Å²) in [7, 11) is 0. The van der Waals surface area contributed by atoms with E-state index in [4.69, 9.17) is 11.6 Å². The first-order valence-electron chi connectivity index (χ1n) is 5.38. The van der Waals surface area contributed by atoms with Gasteiger partial charge in [0.1, 0.15) is 0 Å². The van der Waals surface area contributed by atoms with Gasteiger partial charge in [-0.1, -0.05) is 34.1 Å². The van der Waals surface area contributed by atoms with E-state index in [-0.39, 0.29) is 11.3 Å². The fourth-order valence-corrected chi connectivity index (χ4v) is 1.06. The predicted molar refractivity (Wildman–Crippen MR) is 61.6 cm³/mol. The highest BCUT2D eigenvalue weighted by Gasteiger charge is 2.12. The third-order valence-electron chi connectivity index (χ3n) is 2.45. The number of carbonyl (C=O) groups excluding carboxylic acids is 1. The lowest BCUT2D eigenvalue weighted by molar-refractivity contribution is -0.121. The molecule has 0 aliphatic carbocycles. The van der Waals surface area contributed by atoms with Gasteiger partial charge in [-0.3, -0.25) is 4.79 Å². The molecular formula is C11H22ClNO. The third-order valence-corrected chi connectivity index (χ3v) is 3.11. The van der Waals surface area contributed by atoms with E-state index >= 15 is 0 Å². The van der Waals surface area contributed by atoms with E-state index in [1.807, 2.05) is 0 Å². The fraction of sp³-hybridized carbons (Fsp3) is 0.909. The van der Waals surface area contributed by atoms with Crippen molar-refractivity contribution in [1.82, 2.24) is 5.32 Å². The molecular weight excluding hydrogens is 198 g/mol. The van der Waals surface area contributed by atoms with Gasteiger partial charge in [-0.25, -0.2) is 0 Å². The minimum absolute atomic E-state index is 0.0379. The molecule has 1 amide bonds. The van der Waals surface area contributed by atoms with E-state index < -0.39 is 0 Å². The zero-order valence-corrected chi connectivity index (χ0v) is 10.4. The number of rotatable bonds is 6. The van der Waals surface area contributed by atoms with Gasteiger partial charge >= 0.3 is 0 Å². The molecule has 3 heteroatoms. The summed E-state index contributed by atoms with van der Waals surface area (Å²) in [5.41, 5.74) is 0. The normalized spacial score (nSPS) is 15.3. The smallest absolute Gasteiger partial charge is 0.220 e. The van der Waals surface area contributed by atoms with Crippen molar-refractivity contribution in [2.75, 3.05) is 6.54 Å². The van der Waals surface area contributed by atoms with Crippen molar-refractivity contribution >= 4 is 17.5 Å². The topological polar surface area (TPSA) is 29.1 Å². The number of hydrogen-bond acceptors (Lipinski definition) is 1. The maximum absolute atomic E-state index is 11.4. The molecule has 2 atom stereocenters. The fourth-order valence-electron chi connectivity index (χ4n) is 0.980. The Bertz CT molecular complexity index is 171. The van der Waals surface area contributed by atoms with Gasteiger partial charge in [0.05, 0.1) is 5.38 Å². The molecule has 0 aliphatic heterocycles. The quantitative estimate of drug-likeness (QED) is 0.684. The van der Waals surface area contributed by atoms with E-state index in [0.29, 0.717) is 24.8 Å². The number of halogens is 1. The molecule has 0 aliphatic rings. The number of amides is 1. The van der Waals surface area contributed by atoms with Crippen LogP contribution in [-0.4, -0.2) is 17.8 Å². The lowest BCUT2D eigenvalue weighted by Crippen LogP contribution is -2.32. The molecule has 2 nitrogen and oxygen atoms in total. The van der Waals surface area contributed by atoms with Crippen molar-refractivity contribution < 1.29 is 4.79 Å². The Kier molecular flexibility index (Phi) is 6.98. The van der Waals surface area contributed by atoms with Crippen molar-refractivity contribution in [3.63, 3.8) is 0 Å². The van der Waals surface area contributed by atoms with Crippen LogP contribution in [-0.2, 0) is 4.79 Å². The van der Waals surface area contributed by atoms with E-state index in [1.54, 1.807) is 0 Å². The highest BCUT2D eigenvalue weighted by molar-refractivity contribution is 6.21. The predicted octanol–water partition coefficient (Wildman–Crippen LogP) is 2.80. The van der Waals surface area contributed by atoms with Crippen LogP contribution in [0.1, 0.15) is 40.5 Å². The van der Waals surface area contributed by atoms with Gasteiger partial charge in [-0.15, -0.1) is 11.6 Å². The number of hydrogen-bond donors (Lipinski definition) is 1. The number of nitrogens with one attached hydrogen (secondary N) is 1. The minimum Gasteiger partial charge on any atom is -0.355 e. The highest BCUT2D eigenvalue weighted by atomic mass is 35.5. The summed E-state index contributed by atoms with van der Waals surface area (Å²) in [4.78, 5) is 11.4. The van der Waals surface area contributed by atoms with Gasteiger partial charge in [0.15, 0.2) is 0 Å². The van der Waals surface area contributed by atoms with Gasteiger partial charge in [0, 0.05) is 13.0 Å². The Morgan fingerprint density at radius 2 is 1.93 bits per heavy atom. The maximum atomic E-state index is 11.4. The van der Waals surface area contributed by atoms with Crippen LogP contribution in [0.3, 0.4) is 0 Å². The molecule has 2 unspecified atom stereocenters. The number of carbonyl (C=O) groups is 1. The van der Waals surface area contributed by atoms with Crippen LogP contribution in [0.4, 0.5) is 0 Å². The van der Waals surface area contributed by atoms with Gasteiger partial charge in [-0.2, -0.15) is 0 Å². The number of alkyl halides is 1. The van der Waals surface area contributed by atoms with Gasteiger partial charge in [-0.05, 0) is 11.8 Å². The average Bonchev–Trinajstić information content (AvgIpc) is 2.13. The Labute approximate surface area is 92.4 Å². The van der Waals surface area contributed by atoms with E-state index in [9.17, 15) is 4.79 Å². The molecule has 0 aromatic heterocycles. The van der Waals surface area contributed by atoms with Gasteiger partial charge < -0.3 is 5.32 Å². The molecule has 1 N–H and O–H groups in total. The molecule has 14 heavy (non-hydrogen) atoms. The summed E-state index contributed by atoms with van der Waals surface area (Å²) in [5.74, 6) is 0.981. The second-order valence-electron chi connectivity index (χ2n) is 4.28. The van der Waals surface area contributed by atoms with E-state index in [0.717, 1.165) is 6.42 Å². The lowest BCUT2D eigenvalue weighted by Gasteiger charge is -2.15. The first-order chi connectivity index (χ1) is 6.47. The molecule has 0 aromatic carbocycles. The van der Waals surface area contributed by atoms with Crippen LogP contribution in [0.2, 0.25) is 0 Å². The molecule has 0 fully saturated rings. The van der Waals surface area contributed by atoms with Crippen LogP contribution >= 0.6 is 11.6 Å². The molecule has 0 rings (SSSR count). The van der Waals surface area contributed by atoms with Crippen LogP contribution in [0.5, 0.6) is 0 Å². The molecule has 0 aromatic rings. The summed E-state index contributed by atoms with van der Waals surface area (Å²) in [6, 6.07) is 0. The van der Waals surface area contributed by atoms with Gasteiger partial charge in [0.25, 0.3) is 0 Å². The summed E-state index contributed by atoms with van der Waals surface area (Å²) < 4.78 is 0. The van der Waals surface area contributed by atoms with Crippen LogP contribution in [0.25, 0.3) is 0 Å². The Morgan fingerprint density at radius 1 is 1.36 bits per heavy atom. The molecule has 0 heterocycles. The second-order valence-corrected chi connectivity index (χ2v) is 4.84.